The molecule has 0 saturated carbocycles. The molecule has 2 aromatic rings. The van der Waals surface area contributed by atoms with E-state index in [9.17, 15) is 9.59 Å². The molecule has 0 N–H and O–H groups in total. The first-order valence-corrected chi connectivity index (χ1v) is 8.54. The number of amides is 2. The minimum absolute atomic E-state index is 0.0414. The van der Waals surface area contributed by atoms with E-state index in [2.05, 4.69) is 37.0 Å². The molecule has 6 nitrogen and oxygen atoms in total. The monoisotopic (exact) mass is 341 g/mol. The third-order valence-electron chi connectivity index (χ3n) is 4.43. The predicted molar refractivity (Wildman–Crippen MR) is 93.1 cm³/mol. The van der Waals surface area contributed by atoms with Crippen molar-refractivity contribution in [3.8, 4) is 0 Å². The van der Waals surface area contributed by atoms with Gasteiger partial charge in [-0.2, -0.15) is 0 Å². The summed E-state index contributed by atoms with van der Waals surface area (Å²) in [5.74, 6) is 0.292. The Morgan fingerprint density at radius 2 is 1.92 bits per heavy atom. The van der Waals surface area contributed by atoms with Crippen LogP contribution in [0.3, 0.4) is 0 Å². The summed E-state index contributed by atoms with van der Waals surface area (Å²) < 4.78 is 5.22. The standard InChI is InChI=1S/C19H23N3O3/c1-4-16-18(20-12-25-16)19(24)22-6-5-21(17(23)11-22)10-15-8-13(2)7-14(3)9-15/h7-9,12H,4-6,10-11H2,1-3H3. The van der Waals surface area contributed by atoms with Crippen LogP contribution in [0.1, 0.15) is 39.9 Å². The smallest absolute Gasteiger partial charge is 0.276 e. The molecule has 1 aromatic heterocycles. The first-order valence-electron chi connectivity index (χ1n) is 8.54. The fraction of sp³-hybridized carbons (Fsp3) is 0.421. The van der Waals surface area contributed by atoms with E-state index < -0.39 is 0 Å². The summed E-state index contributed by atoms with van der Waals surface area (Å²) in [6, 6.07) is 6.31. The van der Waals surface area contributed by atoms with E-state index in [-0.39, 0.29) is 18.4 Å². The first kappa shape index (κ1) is 17.2. The highest BCUT2D eigenvalue weighted by molar-refractivity contribution is 5.96. The number of benzene rings is 1. The number of hydrogen-bond acceptors (Lipinski definition) is 4. The molecule has 132 valence electrons. The zero-order valence-electron chi connectivity index (χ0n) is 14.9. The van der Waals surface area contributed by atoms with Gasteiger partial charge in [-0.15, -0.1) is 0 Å². The maximum Gasteiger partial charge on any atom is 0.276 e. The van der Waals surface area contributed by atoms with E-state index in [4.69, 9.17) is 4.42 Å². The van der Waals surface area contributed by atoms with E-state index in [1.54, 1.807) is 4.90 Å². The van der Waals surface area contributed by atoms with E-state index in [1.165, 1.54) is 17.5 Å². The van der Waals surface area contributed by atoms with Gasteiger partial charge in [-0.25, -0.2) is 4.98 Å². The number of aromatic nitrogens is 1. The molecule has 25 heavy (non-hydrogen) atoms. The Morgan fingerprint density at radius 1 is 1.20 bits per heavy atom. The molecule has 0 bridgehead atoms. The Bertz CT molecular complexity index is 777. The predicted octanol–water partition coefficient (Wildman–Crippen LogP) is 2.34. The van der Waals surface area contributed by atoms with Gasteiger partial charge in [0.25, 0.3) is 5.91 Å². The maximum absolute atomic E-state index is 12.6. The van der Waals surface area contributed by atoms with Gasteiger partial charge < -0.3 is 14.2 Å². The summed E-state index contributed by atoms with van der Waals surface area (Å²) in [5, 5.41) is 0. The number of carbonyl (C=O) groups excluding carboxylic acids is 2. The number of rotatable bonds is 4. The average molecular weight is 341 g/mol. The molecule has 1 aromatic carbocycles. The highest BCUT2D eigenvalue weighted by atomic mass is 16.3. The van der Waals surface area contributed by atoms with Crippen molar-refractivity contribution in [1.82, 2.24) is 14.8 Å². The molecule has 0 aliphatic carbocycles. The van der Waals surface area contributed by atoms with Crippen LogP contribution in [0.2, 0.25) is 0 Å². The molecule has 0 atom stereocenters. The Hall–Kier alpha value is -2.63. The molecule has 3 rings (SSSR count). The van der Waals surface area contributed by atoms with Crippen molar-refractivity contribution in [3.05, 3.63) is 52.7 Å². The third-order valence-corrected chi connectivity index (χ3v) is 4.43. The maximum atomic E-state index is 12.6. The second-order valence-corrected chi connectivity index (χ2v) is 6.52. The van der Waals surface area contributed by atoms with Crippen molar-refractivity contribution in [2.24, 2.45) is 0 Å². The Kier molecular flexibility index (Phi) is 4.88. The van der Waals surface area contributed by atoms with Crippen molar-refractivity contribution in [2.75, 3.05) is 19.6 Å². The minimum Gasteiger partial charge on any atom is -0.448 e. The van der Waals surface area contributed by atoms with Gasteiger partial charge in [-0.1, -0.05) is 36.2 Å². The molecule has 1 aliphatic rings. The van der Waals surface area contributed by atoms with Gasteiger partial charge in [0.1, 0.15) is 12.3 Å². The quantitative estimate of drug-likeness (QED) is 0.856. The van der Waals surface area contributed by atoms with Crippen LogP contribution in [-0.2, 0) is 17.8 Å². The van der Waals surface area contributed by atoms with Gasteiger partial charge in [0.2, 0.25) is 5.91 Å². The second kappa shape index (κ2) is 7.09. The number of carbonyl (C=O) groups is 2. The number of oxazole rings is 1. The van der Waals surface area contributed by atoms with Crippen LogP contribution in [0, 0.1) is 13.8 Å². The van der Waals surface area contributed by atoms with Crippen LogP contribution >= 0.6 is 0 Å². The molecule has 2 heterocycles. The van der Waals surface area contributed by atoms with Gasteiger partial charge in [0, 0.05) is 26.1 Å². The lowest BCUT2D eigenvalue weighted by molar-refractivity contribution is -0.135. The molecule has 1 fully saturated rings. The average Bonchev–Trinajstić information content (AvgIpc) is 3.03. The van der Waals surface area contributed by atoms with E-state index in [1.807, 2.05) is 11.8 Å². The fourth-order valence-electron chi connectivity index (χ4n) is 3.28. The van der Waals surface area contributed by atoms with Crippen molar-refractivity contribution < 1.29 is 14.0 Å². The summed E-state index contributed by atoms with van der Waals surface area (Å²) in [6.45, 7) is 7.70. The van der Waals surface area contributed by atoms with Crippen LogP contribution in [-0.4, -0.2) is 46.2 Å². The van der Waals surface area contributed by atoms with Crippen molar-refractivity contribution in [1.29, 1.82) is 0 Å². The molecular weight excluding hydrogens is 318 g/mol. The summed E-state index contributed by atoms with van der Waals surface area (Å²) in [7, 11) is 0. The SMILES string of the molecule is CCc1ocnc1C(=O)N1CCN(Cc2cc(C)cc(C)c2)C(=O)C1. The van der Waals surface area contributed by atoms with Crippen LogP contribution in [0.5, 0.6) is 0 Å². The number of hydrogen-bond donors (Lipinski definition) is 0. The van der Waals surface area contributed by atoms with Gasteiger partial charge in [0.05, 0.1) is 0 Å². The van der Waals surface area contributed by atoms with Crippen LogP contribution in [0.15, 0.2) is 29.0 Å². The Labute approximate surface area is 147 Å². The minimum atomic E-state index is -0.231. The van der Waals surface area contributed by atoms with E-state index in [0.29, 0.717) is 37.5 Å². The first-order chi connectivity index (χ1) is 12.0. The van der Waals surface area contributed by atoms with Gasteiger partial charge >= 0.3 is 0 Å². The summed E-state index contributed by atoms with van der Waals surface area (Å²) >= 11 is 0. The zero-order chi connectivity index (χ0) is 18.0. The van der Waals surface area contributed by atoms with Crippen LogP contribution in [0.4, 0.5) is 0 Å². The lowest BCUT2D eigenvalue weighted by Gasteiger charge is -2.34. The zero-order valence-corrected chi connectivity index (χ0v) is 14.9. The molecule has 0 spiro atoms. The Balaban J connectivity index is 1.66. The van der Waals surface area contributed by atoms with Crippen molar-refractivity contribution in [2.45, 2.75) is 33.7 Å². The van der Waals surface area contributed by atoms with Crippen LogP contribution in [0.25, 0.3) is 0 Å². The molecule has 1 aliphatic heterocycles. The molecule has 6 heteroatoms. The summed E-state index contributed by atoms with van der Waals surface area (Å²) in [6.07, 6.45) is 1.88. The van der Waals surface area contributed by atoms with Gasteiger partial charge in [-0.05, 0) is 19.4 Å². The normalized spacial score (nSPS) is 14.9. The highest BCUT2D eigenvalue weighted by Crippen LogP contribution is 2.16. The van der Waals surface area contributed by atoms with Crippen molar-refractivity contribution in [3.63, 3.8) is 0 Å². The largest absolute Gasteiger partial charge is 0.448 e. The topological polar surface area (TPSA) is 66.7 Å². The highest BCUT2D eigenvalue weighted by Gasteiger charge is 2.30. The molecule has 2 amide bonds. The van der Waals surface area contributed by atoms with E-state index >= 15 is 0 Å². The number of piperazine rings is 1. The van der Waals surface area contributed by atoms with Crippen molar-refractivity contribution >= 4 is 11.8 Å². The molecule has 0 unspecified atom stereocenters. The third kappa shape index (κ3) is 3.73. The molecule has 1 saturated heterocycles. The lowest BCUT2D eigenvalue weighted by Crippen LogP contribution is -2.52. The van der Waals surface area contributed by atoms with Gasteiger partial charge in [0.15, 0.2) is 12.1 Å². The fourth-order valence-corrected chi connectivity index (χ4v) is 3.28. The second-order valence-electron chi connectivity index (χ2n) is 6.52. The number of aryl methyl sites for hydroxylation is 3. The summed E-state index contributed by atoms with van der Waals surface area (Å²) in [4.78, 5) is 32.4. The van der Waals surface area contributed by atoms with Crippen LogP contribution < -0.4 is 0 Å². The Morgan fingerprint density at radius 3 is 2.56 bits per heavy atom. The van der Waals surface area contributed by atoms with E-state index in [0.717, 1.165) is 5.56 Å². The molecular formula is C19H23N3O3. The lowest BCUT2D eigenvalue weighted by atomic mass is 10.1. The number of nitrogens with zero attached hydrogens (tertiary/aromatic N) is 3. The summed E-state index contributed by atoms with van der Waals surface area (Å²) in [5.41, 5.74) is 3.82. The van der Waals surface area contributed by atoms with Gasteiger partial charge in [-0.3, -0.25) is 9.59 Å². The molecule has 0 radical (unpaired) electrons.